The van der Waals surface area contributed by atoms with Gasteiger partial charge in [-0.15, -0.1) is 0 Å². The lowest BCUT2D eigenvalue weighted by atomic mass is 10.2. The second-order valence-corrected chi connectivity index (χ2v) is 4.95. The minimum atomic E-state index is -0.539. The molecular weight excluding hydrogens is 254 g/mol. The second-order valence-electron chi connectivity index (χ2n) is 4.95. The fourth-order valence-corrected chi connectivity index (χ4v) is 1.75. The number of carbonyl (C=O) groups is 1. The number of hydrogen-bond donors (Lipinski definition) is 1. The van der Waals surface area contributed by atoms with Crippen molar-refractivity contribution in [2.45, 2.75) is 52.8 Å². The minimum Gasteiger partial charge on any atom is -0.479 e. The highest BCUT2D eigenvalue weighted by Gasteiger charge is 2.19. The van der Waals surface area contributed by atoms with E-state index in [1.54, 1.807) is 6.92 Å². The lowest BCUT2D eigenvalue weighted by Crippen LogP contribution is -2.28. The molecule has 0 saturated carbocycles. The van der Waals surface area contributed by atoms with Gasteiger partial charge in [0.25, 0.3) is 0 Å². The van der Waals surface area contributed by atoms with Gasteiger partial charge in [0.2, 0.25) is 0 Å². The van der Waals surface area contributed by atoms with Crippen molar-refractivity contribution in [1.82, 2.24) is 5.32 Å². The van der Waals surface area contributed by atoms with Crippen LogP contribution in [-0.2, 0) is 16.1 Å². The van der Waals surface area contributed by atoms with Gasteiger partial charge in [-0.05, 0) is 31.0 Å². The van der Waals surface area contributed by atoms with Gasteiger partial charge in [-0.25, -0.2) is 4.79 Å². The van der Waals surface area contributed by atoms with Crippen molar-refractivity contribution in [3.05, 3.63) is 29.8 Å². The van der Waals surface area contributed by atoms with Gasteiger partial charge in [0.1, 0.15) is 5.75 Å². The van der Waals surface area contributed by atoms with Crippen molar-refractivity contribution in [2.75, 3.05) is 6.61 Å². The highest BCUT2D eigenvalue weighted by Crippen LogP contribution is 2.16. The molecule has 0 aromatic heterocycles. The molecule has 4 heteroatoms. The molecule has 0 heterocycles. The molecule has 1 atom stereocenters. The molecule has 1 rings (SSSR count). The zero-order valence-electron chi connectivity index (χ0n) is 12.8. The summed E-state index contributed by atoms with van der Waals surface area (Å²) in [5.41, 5.74) is 1.13. The normalized spacial score (nSPS) is 12.2. The summed E-state index contributed by atoms with van der Waals surface area (Å²) in [4.78, 5) is 11.7. The Kier molecular flexibility index (Phi) is 7.09. The molecule has 0 fully saturated rings. The van der Waals surface area contributed by atoms with Gasteiger partial charge < -0.3 is 14.8 Å². The standard InChI is InChI=1S/C16H25NO3/c1-5-15(16(18)19-6-2)20-14-9-7-8-13(10-14)11-17-12(3)4/h7-10,12,15,17H,5-6,11H2,1-4H3. The number of rotatable bonds is 8. The maximum Gasteiger partial charge on any atom is 0.347 e. The van der Waals surface area contributed by atoms with Crippen LogP contribution >= 0.6 is 0 Å². The van der Waals surface area contributed by atoms with Crippen molar-refractivity contribution in [3.8, 4) is 5.75 Å². The molecule has 0 bridgehead atoms. The van der Waals surface area contributed by atoms with E-state index in [2.05, 4.69) is 19.2 Å². The lowest BCUT2D eigenvalue weighted by molar-refractivity contribution is -0.151. The van der Waals surface area contributed by atoms with Crippen molar-refractivity contribution in [3.63, 3.8) is 0 Å². The molecule has 1 aromatic carbocycles. The van der Waals surface area contributed by atoms with Crippen molar-refractivity contribution < 1.29 is 14.3 Å². The second kappa shape index (κ2) is 8.59. The molecule has 20 heavy (non-hydrogen) atoms. The molecular formula is C16H25NO3. The van der Waals surface area contributed by atoms with Crippen LogP contribution < -0.4 is 10.1 Å². The van der Waals surface area contributed by atoms with E-state index in [0.717, 1.165) is 12.1 Å². The molecule has 1 aromatic rings. The zero-order valence-corrected chi connectivity index (χ0v) is 12.8. The van der Waals surface area contributed by atoms with Crippen LogP contribution in [0.4, 0.5) is 0 Å². The first-order valence-electron chi connectivity index (χ1n) is 7.22. The van der Waals surface area contributed by atoms with E-state index in [-0.39, 0.29) is 5.97 Å². The summed E-state index contributed by atoms with van der Waals surface area (Å²) in [5, 5.41) is 3.35. The van der Waals surface area contributed by atoms with Crippen molar-refractivity contribution >= 4 is 5.97 Å². The third-order valence-corrected chi connectivity index (χ3v) is 2.81. The number of ether oxygens (including phenoxy) is 2. The summed E-state index contributed by atoms with van der Waals surface area (Å²) in [5.74, 6) is 0.397. The number of benzene rings is 1. The maximum absolute atomic E-state index is 11.7. The van der Waals surface area contributed by atoms with Gasteiger partial charge in [-0.1, -0.05) is 32.9 Å². The van der Waals surface area contributed by atoms with Gasteiger partial charge in [0.15, 0.2) is 6.10 Å². The Bertz CT molecular complexity index is 418. The number of esters is 1. The Morgan fingerprint density at radius 2 is 2.05 bits per heavy atom. The average molecular weight is 279 g/mol. The molecule has 0 radical (unpaired) electrons. The summed E-state index contributed by atoms with van der Waals surface area (Å²) in [6.07, 6.45) is 0.0519. The van der Waals surface area contributed by atoms with E-state index < -0.39 is 6.10 Å². The summed E-state index contributed by atoms with van der Waals surface area (Å²) in [7, 11) is 0. The van der Waals surface area contributed by atoms with Crippen LogP contribution in [0.2, 0.25) is 0 Å². The summed E-state index contributed by atoms with van der Waals surface area (Å²) >= 11 is 0. The number of hydrogen-bond acceptors (Lipinski definition) is 4. The Hall–Kier alpha value is -1.55. The molecule has 1 N–H and O–H groups in total. The van der Waals surface area contributed by atoms with Gasteiger partial charge in [-0.3, -0.25) is 0 Å². The smallest absolute Gasteiger partial charge is 0.347 e. The predicted octanol–water partition coefficient (Wildman–Crippen LogP) is 2.91. The molecule has 4 nitrogen and oxygen atoms in total. The first-order chi connectivity index (χ1) is 9.56. The van der Waals surface area contributed by atoms with E-state index in [1.165, 1.54) is 0 Å². The molecule has 0 aliphatic rings. The first-order valence-corrected chi connectivity index (χ1v) is 7.22. The highest BCUT2D eigenvalue weighted by molar-refractivity contribution is 5.75. The van der Waals surface area contributed by atoms with Gasteiger partial charge >= 0.3 is 5.97 Å². The van der Waals surface area contributed by atoms with E-state index >= 15 is 0 Å². The molecule has 0 spiro atoms. The van der Waals surface area contributed by atoms with Crippen LogP contribution in [0.5, 0.6) is 5.75 Å². The molecule has 0 saturated heterocycles. The Morgan fingerprint density at radius 3 is 2.65 bits per heavy atom. The monoisotopic (exact) mass is 279 g/mol. The molecule has 0 amide bonds. The predicted molar refractivity (Wildman–Crippen MR) is 79.8 cm³/mol. The van der Waals surface area contributed by atoms with Crippen LogP contribution in [-0.4, -0.2) is 24.7 Å². The van der Waals surface area contributed by atoms with Crippen LogP contribution in [0.15, 0.2) is 24.3 Å². The van der Waals surface area contributed by atoms with E-state index in [9.17, 15) is 4.79 Å². The number of carbonyl (C=O) groups excluding carboxylic acids is 1. The average Bonchev–Trinajstić information content (AvgIpc) is 2.43. The topological polar surface area (TPSA) is 47.6 Å². The maximum atomic E-state index is 11.7. The molecule has 1 unspecified atom stereocenters. The third-order valence-electron chi connectivity index (χ3n) is 2.81. The van der Waals surface area contributed by atoms with Crippen LogP contribution in [0.25, 0.3) is 0 Å². The summed E-state index contributed by atoms with van der Waals surface area (Å²) in [6, 6.07) is 8.22. The highest BCUT2D eigenvalue weighted by atomic mass is 16.6. The zero-order chi connectivity index (χ0) is 15.0. The molecule has 0 aliphatic carbocycles. The van der Waals surface area contributed by atoms with Crippen LogP contribution in [0.1, 0.15) is 39.7 Å². The molecule has 112 valence electrons. The third kappa shape index (κ3) is 5.61. The van der Waals surface area contributed by atoms with Gasteiger partial charge in [0.05, 0.1) is 6.61 Å². The van der Waals surface area contributed by atoms with Crippen LogP contribution in [0, 0.1) is 0 Å². The molecule has 0 aliphatic heterocycles. The quantitative estimate of drug-likeness (QED) is 0.743. The van der Waals surface area contributed by atoms with Crippen LogP contribution in [0.3, 0.4) is 0 Å². The Balaban J connectivity index is 2.66. The fourth-order valence-electron chi connectivity index (χ4n) is 1.75. The van der Waals surface area contributed by atoms with Gasteiger partial charge in [-0.2, -0.15) is 0 Å². The van der Waals surface area contributed by atoms with Gasteiger partial charge in [0, 0.05) is 12.6 Å². The fraction of sp³-hybridized carbons (Fsp3) is 0.562. The largest absolute Gasteiger partial charge is 0.479 e. The van der Waals surface area contributed by atoms with E-state index in [1.807, 2.05) is 31.2 Å². The Morgan fingerprint density at radius 1 is 1.30 bits per heavy atom. The lowest BCUT2D eigenvalue weighted by Gasteiger charge is -2.17. The van der Waals surface area contributed by atoms with E-state index in [4.69, 9.17) is 9.47 Å². The first kappa shape index (κ1) is 16.5. The Labute approximate surface area is 121 Å². The van der Waals surface area contributed by atoms with Crippen molar-refractivity contribution in [1.29, 1.82) is 0 Å². The minimum absolute atomic E-state index is 0.305. The summed E-state index contributed by atoms with van der Waals surface area (Å²) < 4.78 is 10.7. The number of nitrogens with one attached hydrogen (secondary N) is 1. The summed E-state index contributed by atoms with van der Waals surface area (Å²) in [6.45, 7) is 9.07. The van der Waals surface area contributed by atoms with Crippen molar-refractivity contribution in [2.24, 2.45) is 0 Å². The van der Waals surface area contributed by atoms with E-state index in [0.29, 0.717) is 24.8 Å². The SMILES string of the molecule is CCOC(=O)C(CC)Oc1cccc(CNC(C)C)c1.